The molecule has 2 aromatic carbocycles. The van der Waals surface area contributed by atoms with Crippen LogP contribution in [-0.4, -0.2) is 34.0 Å². The molecule has 1 heterocycles. The van der Waals surface area contributed by atoms with E-state index >= 15 is 0 Å². The number of rotatable bonds is 8. The van der Waals surface area contributed by atoms with Crippen LogP contribution in [0, 0.1) is 6.92 Å². The lowest BCUT2D eigenvalue weighted by atomic mass is 10.1. The zero-order chi connectivity index (χ0) is 22.4. The van der Waals surface area contributed by atoms with Gasteiger partial charge in [0.2, 0.25) is 5.91 Å². The lowest BCUT2D eigenvalue weighted by Crippen LogP contribution is -2.32. The second-order valence-electron chi connectivity index (χ2n) is 6.74. The molecule has 1 aromatic heterocycles. The van der Waals surface area contributed by atoms with E-state index in [4.69, 9.17) is 4.42 Å². The van der Waals surface area contributed by atoms with Crippen LogP contribution in [-0.2, 0) is 20.8 Å². The number of fused-ring (bicyclic) bond motifs is 1. The Labute approximate surface area is 176 Å². The van der Waals surface area contributed by atoms with Crippen molar-refractivity contribution in [3.05, 3.63) is 70.1 Å². The highest BCUT2D eigenvalue weighted by molar-refractivity contribution is 5.96. The van der Waals surface area contributed by atoms with Gasteiger partial charge in [-0.2, -0.15) is 4.98 Å². The molecule has 0 aliphatic heterocycles. The van der Waals surface area contributed by atoms with Gasteiger partial charge in [-0.1, -0.05) is 30.3 Å². The first kappa shape index (κ1) is 21.5. The van der Waals surface area contributed by atoms with Crippen LogP contribution >= 0.6 is 0 Å². The largest absolute Gasteiger partial charge is 0.480 e. The number of hydrogen-bond donors (Lipinski definition) is 3. The SMILES string of the molecule is Cc1c(NC(=O)CC=C=O)ccc2nc(N[C@@H](Cc3ccccc3)C(=O)O)oc(=O)c12. The molecule has 3 rings (SSSR count). The van der Waals surface area contributed by atoms with Crippen LogP contribution in [0.5, 0.6) is 0 Å². The van der Waals surface area contributed by atoms with Crippen LogP contribution in [0.1, 0.15) is 17.5 Å². The van der Waals surface area contributed by atoms with Gasteiger partial charge in [-0.3, -0.25) is 4.79 Å². The normalized spacial score (nSPS) is 11.4. The summed E-state index contributed by atoms with van der Waals surface area (Å²) in [6.07, 6.45) is 1.07. The molecule has 1 atom stereocenters. The maximum atomic E-state index is 12.6. The van der Waals surface area contributed by atoms with E-state index in [0.29, 0.717) is 11.3 Å². The van der Waals surface area contributed by atoms with Crippen LogP contribution in [0.3, 0.4) is 0 Å². The zero-order valence-corrected chi connectivity index (χ0v) is 16.5. The molecule has 3 aromatic rings. The summed E-state index contributed by atoms with van der Waals surface area (Å²) in [7, 11) is 0. The van der Waals surface area contributed by atoms with E-state index in [0.717, 1.165) is 11.6 Å². The number of nitrogens with one attached hydrogen (secondary N) is 2. The van der Waals surface area contributed by atoms with Crippen molar-refractivity contribution in [3.8, 4) is 0 Å². The van der Waals surface area contributed by atoms with E-state index in [9.17, 15) is 24.3 Å². The van der Waals surface area contributed by atoms with E-state index in [1.54, 1.807) is 37.3 Å². The van der Waals surface area contributed by atoms with Crippen molar-refractivity contribution in [3.63, 3.8) is 0 Å². The van der Waals surface area contributed by atoms with Gasteiger partial charge in [0, 0.05) is 18.2 Å². The fraction of sp³-hybridized carbons (Fsp3) is 0.182. The number of carbonyl (C=O) groups excluding carboxylic acids is 2. The molecule has 0 radical (unpaired) electrons. The fourth-order valence-corrected chi connectivity index (χ4v) is 3.05. The Morgan fingerprint density at radius 3 is 2.65 bits per heavy atom. The number of aryl methyl sites for hydroxylation is 1. The minimum absolute atomic E-state index is 0.144. The average molecular weight is 421 g/mol. The predicted octanol–water partition coefficient (Wildman–Crippen LogP) is 2.32. The minimum Gasteiger partial charge on any atom is -0.480 e. The number of benzene rings is 2. The van der Waals surface area contributed by atoms with Crippen LogP contribution in [0.4, 0.5) is 11.7 Å². The van der Waals surface area contributed by atoms with Gasteiger partial charge in [-0.15, -0.1) is 0 Å². The van der Waals surface area contributed by atoms with Crippen LogP contribution in [0.2, 0.25) is 0 Å². The molecule has 0 unspecified atom stereocenters. The predicted molar refractivity (Wildman–Crippen MR) is 114 cm³/mol. The van der Waals surface area contributed by atoms with Crippen molar-refractivity contribution in [2.45, 2.75) is 25.8 Å². The highest BCUT2D eigenvalue weighted by Crippen LogP contribution is 2.23. The Morgan fingerprint density at radius 1 is 1.23 bits per heavy atom. The van der Waals surface area contributed by atoms with Gasteiger partial charge in [0.15, 0.2) is 0 Å². The Balaban J connectivity index is 1.88. The maximum Gasteiger partial charge on any atom is 0.348 e. The van der Waals surface area contributed by atoms with Gasteiger partial charge in [-0.05, 0) is 30.2 Å². The van der Waals surface area contributed by atoms with Crippen LogP contribution in [0.25, 0.3) is 10.9 Å². The first-order valence-electron chi connectivity index (χ1n) is 9.36. The molecule has 9 nitrogen and oxygen atoms in total. The third-order valence-corrected chi connectivity index (χ3v) is 4.58. The molecule has 0 aliphatic carbocycles. The number of aliphatic carboxylic acids is 1. The third-order valence-electron chi connectivity index (χ3n) is 4.58. The zero-order valence-electron chi connectivity index (χ0n) is 16.5. The molecule has 0 fully saturated rings. The second-order valence-corrected chi connectivity index (χ2v) is 6.74. The van der Waals surface area contributed by atoms with Gasteiger partial charge in [0.1, 0.15) is 12.0 Å². The van der Waals surface area contributed by atoms with Gasteiger partial charge in [-0.25, -0.2) is 14.4 Å². The Morgan fingerprint density at radius 2 is 1.97 bits per heavy atom. The smallest absolute Gasteiger partial charge is 0.348 e. The quantitative estimate of drug-likeness (QED) is 0.471. The summed E-state index contributed by atoms with van der Waals surface area (Å²) < 4.78 is 5.20. The van der Waals surface area contributed by atoms with Gasteiger partial charge in [0.25, 0.3) is 6.01 Å². The van der Waals surface area contributed by atoms with E-state index in [1.807, 2.05) is 6.07 Å². The molecular weight excluding hydrogens is 402 g/mol. The summed E-state index contributed by atoms with van der Waals surface area (Å²) in [5.74, 6) is -0.0338. The molecular formula is C22H19N3O6. The standard InChI is InChI=1S/C22H19N3O6/c1-13-15(23-18(27)8-5-11-26)9-10-16-19(13)21(30)31-22(24-16)25-17(20(28)29)12-14-6-3-2-4-7-14/h2-7,9-10,17H,8,12H2,1H3,(H,23,27)(H,24,25)(H,28,29)/t17-/m0/s1. The number of carboxylic acid groups (broad SMARTS) is 1. The molecule has 0 aliphatic rings. The molecule has 158 valence electrons. The fourth-order valence-electron chi connectivity index (χ4n) is 3.05. The van der Waals surface area contributed by atoms with Crippen molar-refractivity contribution in [2.75, 3.05) is 10.6 Å². The number of aromatic nitrogens is 1. The average Bonchev–Trinajstić information content (AvgIpc) is 2.74. The Hall–Kier alpha value is -4.23. The number of nitrogens with zero attached hydrogens (tertiary/aromatic N) is 1. The van der Waals surface area contributed by atoms with Crippen molar-refractivity contribution in [1.29, 1.82) is 0 Å². The van der Waals surface area contributed by atoms with Crippen molar-refractivity contribution in [1.82, 2.24) is 4.98 Å². The molecule has 9 heteroatoms. The summed E-state index contributed by atoms with van der Waals surface area (Å²) in [6.45, 7) is 1.62. The number of hydrogen-bond acceptors (Lipinski definition) is 7. The van der Waals surface area contributed by atoms with Gasteiger partial charge >= 0.3 is 11.6 Å². The lowest BCUT2D eigenvalue weighted by Gasteiger charge is -2.15. The summed E-state index contributed by atoms with van der Waals surface area (Å²) in [5.41, 5.74) is 1.17. The molecule has 0 bridgehead atoms. The van der Waals surface area contributed by atoms with E-state index in [-0.39, 0.29) is 29.8 Å². The summed E-state index contributed by atoms with van der Waals surface area (Å²) in [6, 6.07) is 10.8. The first-order valence-corrected chi connectivity index (χ1v) is 9.36. The van der Waals surface area contributed by atoms with Crippen molar-refractivity contribution in [2.24, 2.45) is 0 Å². The van der Waals surface area contributed by atoms with Crippen LogP contribution < -0.4 is 16.3 Å². The van der Waals surface area contributed by atoms with Crippen LogP contribution in [0.15, 0.2) is 57.8 Å². The molecule has 1 amide bonds. The summed E-state index contributed by atoms with van der Waals surface area (Å²) in [5, 5.41) is 14.9. The van der Waals surface area contributed by atoms with Gasteiger partial charge in [0.05, 0.1) is 17.3 Å². The van der Waals surface area contributed by atoms with E-state index < -0.39 is 23.5 Å². The number of carbonyl (C=O) groups is 2. The molecule has 0 saturated carbocycles. The second kappa shape index (κ2) is 9.51. The van der Waals surface area contributed by atoms with Crippen molar-refractivity contribution < 1.29 is 23.9 Å². The topological polar surface area (TPSA) is 139 Å². The highest BCUT2D eigenvalue weighted by atomic mass is 16.4. The van der Waals surface area contributed by atoms with Crippen molar-refractivity contribution >= 4 is 40.4 Å². The van der Waals surface area contributed by atoms with E-state index in [2.05, 4.69) is 15.6 Å². The third kappa shape index (κ3) is 5.23. The monoisotopic (exact) mass is 421 g/mol. The highest BCUT2D eigenvalue weighted by Gasteiger charge is 2.21. The molecule has 0 spiro atoms. The Kier molecular flexibility index (Phi) is 6.59. The number of anilines is 2. The Bertz CT molecular complexity index is 1230. The number of amides is 1. The summed E-state index contributed by atoms with van der Waals surface area (Å²) >= 11 is 0. The molecule has 31 heavy (non-hydrogen) atoms. The summed E-state index contributed by atoms with van der Waals surface area (Å²) in [4.78, 5) is 50.5. The number of carboxylic acids is 1. The minimum atomic E-state index is -1.12. The van der Waals surface area contributed by atoms with Gasteiger partial charge < -0.3 is 20.2 Å². The lowest BCUT2D eigenvalue weighted by molar-refractivity contribution is -0.138. The van der Waals surface area contributed by atoms with E-state index in [1.165, 1.54) is 12.0 Å². The molecule has 3 N–H and O–H groups in total. The first-order chi connectivity index (χ1) is 14.9. The molecule has 0 saturated heterocycles. The maximum absolute atomic E-state index is 12.6.